The summed E-state index contributed by atoms with van der Waals surface area (Å²) in [6.45, 7) is 0.582. The molecule has 0 saturated carbocycles. The van der Waals surface area contributed by atoms with Crippen molar-refractivity contribution in [2.24, 2.45) is 0 Å². The molecule has 1 aromatic rings. The first kappa shape index (κ1) is 15.1. The smallest absolute Gasteiger partial charge is 0.466 e. The van der Waals surface area contributed by atoms with Crippen molar-refractivity contribution >= 4 is 12.1 Å². The highest BCUT2D eigenvalue weighted by atomic mass is 16.8. The zero-order valence-electron chi connectivity index (χ0n) is 11.6. The Balaban J connectivity index is 1.84. The normalized spacial score (nSPS) is 21.1. The van der Waals surface area contributed by atoms with Crippen molar-refractivity contribution in [1.29, 1.82) is 0 Å². The molecule has 2 rings (SSSR count). The van der Waals surface area contributed by atoms with Gasteiger partial charge in [-0.05, 0) is 11.6 Å². The molecule has 0 unspecified atom stereocenters. The van der Waals surface area contributed by atoms with Crippen LogP contribution in [-0.4, -0.2) is 38.0 Å². The van der Waals surface area contributed by atoms with E-state index in [1.807, 2.05) is 30.3 Å². The molecule has 1 aliphatic heterocycles. The Morgan fingerprint density at radius 1 is 1.29 bits per heavy atom. The van der Waals surface area contributed by atoms with Crippen LogP contribution >= 0.6 is 0 Å². The molecular formula is C15H16O6. The largest absolute Gasteiger partial charge is 0.509 e. The molecule has 0 bridgehead atoms. The summed E-state index contributed by atoms with van der Waals surface area (Å²) < 4.78 is 19.9. The molecule has 1 saturated heterocycles. The fraction of sp³-hybridized carbons (Fsp3) is 0.333. The van der Waals surface area contributed by atoms with Gasteiger partial charge in [-0.25, -0.2) is 9.59 Å². The number of benzene rings is 1. The average molecular weight is 292 g/mol. The third-order valence-corrected chi connectivity index (χ3v) is 2.86. The second-order valence-electron chi connectivity index (χ2n) is 4.37. The molecule has 112 valence electrons. The van der Waals surface area contributed by atoms with Gasteiger partial charge in [-0.2, -0.15) is 0 Å². The van der Waals surface area contributed by atoms with Gasteiger partial charge in [0.1, 0.15) is 0 Å². The van der Waals surface area contributed by atoms with E-state index < -0.39 is 24.3 Å². The minimum Gasteiger partial charge on any atom is -0.466 e. The predicted molar refractivity (Wildman–Crippen MR) is 72.4 cm³/mol. The van der Waals surface area contributed by atoms with E-state index in [4.69, 9.17) is 14.2 Å². The molecule has 21 heavy (non-hydrogen) atoms. The number of rotatable bonds is 6. The second-order valence-corrected chi connectivity index (χ2v) is 4.37. The lowest BCUT2D eigenvalue weighted by Gasteiger charge is -2.12. The highest BCUT2D eigenvalue weighted by Crippen LogP contribution is 2.17. The SMILES string of the molecule is COC(=O)/C=C/[C@@H]1OC(=O)O[C@@H]1COCc1ccccc1. The first-order valence-corrected chi connectivity index (χ1v) is 6.44. The standard InChI is InChI=1S/C15H16O6/c1-18-14(16)8-7-12-13(21-15(17)20-12)10-19-9-11-5-3-2-4-6-11/h2-8,12-13H,9-10H2,1H3/b8-7+/t12-,13+/m0/s1. The van der Waals surface area contributed by atoms with Crippen LogP contribution in [0, 0.1) is 0 Å². The van der Waals surface area contributed by atoms with Crippen LogP contribution in [0.15, 0.2) is 42.5 Å². The fourth-order valence-electron chi connectivity index (χ4n) is 1.81. The third kappa shape index (κ3) is 4.61. The molecule has 0 radical (unpaired) electrons. The first-order chi connectivity index (χ1) is 10.2. The quantitative estimate of drug-likeness (QED) is 0.588. The van der Waals surface area contributed by atoms with Crippen LogP contribution in [0.5, 0.6) is 0 Å². The molecular weight excluding hydrogens is 276 g/mol. The van der Waals surface area contributed by atoms with Gasteiger partial charge in [-0.1, -0.05) is 30.3 Å². The third-order valence-electron chi connectivity index (χ3n) is 2.86. The summed E-state index contributed by atoms with van der Waals surface area (Å²) in [5, 5.41) is 0. The summed E-state index contributed by atoms with van der Waals surface area (Å²) in [5.41, 5.74) is 1.02. The summed E-state index contributed by atoms with van der Waals surface area (Å²) in [6.07, 6.45) is 0.599. The Morgan fingerprint density at radius 2 is 2.05 bits per heavy atom. The van der Waals surface area contributed by atoms with Crippen molar-refractivity contribution < 1.29 is 28.5 Å². The van der Waals surface area contributed by atoms with Crippen molar-refractivity contribution in [3.05, 3.63) is 48.0 Å². The summed E-state index contributed by atoms with van der Waals surface area (Å²) in [6, 6.07) is 9.62. The fourth-order valence-corrected chi connectivity index (χ4v) is 1.81. The highest BCUT2D eigenvalue weighted by molar-refractivity contribution is 5.82. The van der Waals surface area contributed by atoms with Crippen LogP contribution in [0.1, 0.15) is 5.56 Å². The van der Waals surface area contributed by atoms with Gasteiger partial charge in [-0.3, -0.25) is 0 Å². The molecule has 1 aliphatic rings. The minimum atomic E-state index is -0.775. The van der Waals surface area contributed by atoms with Crippen LogP contribution in [0.25, 0.3) is 0 Å². The average Bonchev–Trinajstić information content (AvgIpc) is 2.86. The van der Waals surface area contributed by atoms with Gasteiger partial charge in [0.05, 0.1) is 20.3 Å². The summed E-state index contributed by atoms with van der Waals surface area (Å²) in [7, 11) is 1.27. The molecule has 6 nitrogen and oxygen atoms in total. The van der Waals surface area contributed by atoms with Gasteiger partial charge in [0.15, 0.2) is 12.2 Å². The molecule has 6 heteroatoms. The summed E-state index contributed by atoms with van der Waals surface area (Å²) >= 11 is 0. The maximum Gasteiger partial charge on any atom is 0.509 e. The van der Waals surface area contributed by atoms with Crippen molar-refractivity contribution in [3.63, 3.8) is 0 Å². The van der Waals surface area contributed by atoms with Crippen LogP contribution in [0.4, 0.5) is 4.79 Å². The van der Waals surface area contributed by atoms with Gasteiger partial charge < -0.3 is 18.9 Å². The number of ether oxygens (including phenoxy) is 4. The molecule has 1 heterocycles. The van der Waals surface area contributed by atoms with Gasteiger partial charge in [0, 0.05) is 6.08 Å². The lowest BCUT2D eigenvalue weighted by atomic mass is 10.2. The Bertz CT molecular complexity index is 510. The number of hydrogen-bond acceptors (Lipinski definition) is 6. The molecule has 1 aromatic carbocycles. The molecule has 0 spiro atoms. The van der Waals surface area contributed by atoms with E-state index in [2.05, 4.69) is 4.74 Å². The van der Waals surface area contributed by atoms with Crippen molar-refractivity contribution in [3.8, 4) is 0 Å². The zero-order chi connectivity index (χ0) is 15.1. The molecule has 0 aliphatic carbocycles. The Hall–Kier alpha value is -2.34. The van der Waals surface area contributed by atoms with Gasteiger partial charge >= 0.3 is 12.1 Å². The number of carbonyl (C=O) groups is 2. The predicted octanol–water partition coefficient (Wildman–Crippen LogP) is 1.84. The van der Waals surface area contributed by atoms with E-state index in [1.165, 1.54) is 19.3 Å². The lowest BCUT2D eigenvalue weighted by Crippen LogP contribution is -2.26. The van der Waals surface area contributed by atoms with Crippen LogP contribution in [-0.2, 0) is 30.3 Å². The van der Waals surface area contributed by atoms with E-state index in [1.54, 1.807) is 0 Å². The van der Waals surface area contributed by atoms with Crippen LogP contribution in [0.3, 0.4) is 0 Å². The lowest BCUT2D eigenvalue weighted by molar-refractivity contribution is -0.134. The molecule has 0 aromatic heterocycles. The number of hydrogen-bond donors (Lipinski definition) is 0. The first-order valence-electron chi connectivity index (χ1n) is 6.44. The highest BCUT2D eigenvalue weighted by Gasteiger charge is 2.35. The monoisotopic (exact) mass is 292 g/mol. The Morgan fingerprint density at radius 3 is 2.76 bits per heavy atom. The number of esters is 1. The summed E-state index contributed by atoms with van der Waals surface area (Å²) in [5.74, 6) is -0.526. The van der Waals surface area contributed by atoms with Gasteiger partial charge in [0.25, 0.3) is 0 Å². The number of cyclic esters (lactones) is 2. The van der Waals surface area contributed by atoms with Crippen molar-refractivity contribution in [1.82, 2.24) is 0 Å². The van der Waals surface area contributed by atoms with Crippen LogP contribution < -0.4 is 0 Å². The molecule has 1 fully saturated rings. The van der Waals surface area contributed by atoms with Gasteiger partial charge in [-0.15, -0.1) is 0 Å². The maximum absolute atomic E-state index is 11.2. The summed E-state index contributed by atoms with van der Waals surface area (Å²) in [4.78, 5) is 22.2. The van der Waals surface area contributed by atoms with Crippen molar-refractivity contribution in [2.45, 2.75) is 18.8 Å². The number of methoxy groups -OCH3 is 1. The molecule has 2 atom stereocenters. The molecule has 0 amide bonds. The van der Waals surface area contributed by atoms with E-state index in [0.29, 0.717) is 6.61 Å². The van der Waals surface area contributed by atoms with E-state index in [9.17, 15) is 9.59 Å². The topological polar surface area (TPSA) is 71.1 Å². The Kier molecular flexibility index (Phi) is 5.34. The minimum absolute atomic E-state index is 0.177. The van der Waals surface area contributed by atoms with Gasteiger partial charge in [0.2, 0.25) is 0 Å². The molecule has 0 N–H and O–H groups in total. The number of carbonyl (C=O) groups excluding carboxylic acids is 2. The van der Waals surface area contributed by atoms with E-state index in [0.717, 1.165) is 5.56 Å². The van der Waals surface area contributed by atoms with E-state index >= 15 is 0 Å². The second kappa shape index (κ2) is 7.44. The van der Waals surface area contributed by atoms with Crippen molar-refractivity contribution in [2.75, 3.05) is 13.7 Å². The van der Waals surface area contributed by atoms with Crippen LogP contribution in [0.2, 0.25) is 0 Å². The van der Waals surface area contributed by atoms with E-state index in [-0.39, 0.29) is 6.61 Å². The maximum atomic E-state index is 11.2. The zero-order valence-corrected chi connectivity index (χ0v) is 11.6. The Labute approximate surface area is 122 Å².